The lowest BCUT2D eigenvalue weighted by Crippen LogP contribution is -2.42. The molecule has 1 unspecified atom stereocenters. The smallest absolute Gasteiger partial charge is 0.273 e. The average molecular weight is 528 g/mol. The van der Waals surface area contributed by atoms with E-state index in [0.717, 1.165) is 16.7 Å². The van der Waals surface area contributed by atoms with E-state index in [1.165, 1.54) is 18.4 Å². The van der Waals surface area contributed by atoms with Crippen molar-refractivity contribution in [3.63, 3.8) is 0 Å². The third-order valence-electron chi connectivity index (χ3n) is 6.73. The van der Waals surface area contributed by atoms with E-state index >= 15 is 0 Å². The second-order valence-electron chi connectivity index (χ2n) is 9.84. The van der Waals surface area contributed by atoms with Gasteiger partial charge >= 0.3 is 0 Å². The normalized spacial score (nSPS) is 14.7. The van der Waals surface area contributed by atoms with Crippen LogP contribution in [-0.4, -0.2) is 28.2 Å². The maximum Gasteiger partial charge on any atom is 0.273 e. The minimum absolute atomic E-state index is 0.0130. The molecular formula is C31H30FN3O4. The number of carbonyl (C=O) groups is 2. The van der Waals surface area contributed by atoms with Crippen LogP contribution in [0, 0.1) is 11.7 Å². The summed E-state index contributed by atoms with van der Waals surface area (Å²) in [6.45, 7) is 4.69. The minimum atomic E-state index is -0.426. The molecule has 1 atom stereocenters. The molecule has 1 N–H and O–H groups in total. The number of benzene rings is 3. The van der Waals surface area contributed by atoms with Gasteiger partial charge in [-0.3, -0.25) is 9.59 Å². The number of fused-ring (bicyclic) bond motifs is 1. The second-order valence-corrected chi connectivity index (χ2v) is 9.84. The molecule has 200 valence electrons. The lowest BCUT2D eigenvalue weighted by molar-refractivity contribution is -0.136. The number of amides is 2. The number of oxazole rings is 1. The molecule has 8 heteroatoms. The maximum absolute atomic E-state index is 14.2. The summed E-state index contributed by atoms with van der Waals surface area (Å²) in [5.74, 6) is -0.0460. The molecule has 0 aliphatic carbocycles. The zero-order valence-electron chi connectivity index (χ0n) is 21.9. The van der Waals surface area contributed by atoms with Gasteiger partial charge in [0.05, 0.1) is 6.04 Å². The van der Waals surface area contributed by atoms with E-state index in [1.54, 1.807) is 6.07 Å². The topological polar surface area (TPSA) is 84.7 Å². The molecule has 1 aliphatic heterocycles. The second kappa shape index (κ2) is 11.5. The number of nitrogens with zero attached hydrogens (tertiary/aromatic N) is 2. The van der Waals surface area contributed by atoms with Crippen LogP contribution >= 0.6 is 0 Å². The van der Waals surface area contributed by atoms with Crippen LogP contribution in [-0.2, 0) is 24.4 Å². The SMILES string of the molecule is CC(C)C(=O)N1CCc2ccc(OCc3nc(C(=O)NCc4ccccc4)co3)cc2C1c1cccc(F)c1. The van der Waals surface area contributed by atoms with Gasteiger partial charge in [-0.05, 0) is 52.9 Å². The number of halogens is 1. The highest BCUT2D eigenvalue weighted by Gasteiger charge is 2.33. The lowest BCUT2D eigenvalue weighted by atomic mass is 9.87. The van der Waals surface area contributed by atoms with Gasteiger partial charge < -0.3 is 19.4 Å². The Morgan fingerprint density at radius 3 is 2.69 bits per heavy atom. The summed E-state index contributed by atoms with van der Waals surface area (Å²) in [5, 5.41) is 2.82. The molecule has 0 saturated heterocycles. The third-order valence-corrected chi connectivity index (χ3v) is 6.73. The average Bonchev–Trinajstić information content (AvgIpc) is 3.43. The van der Waals surface area contributed by atoms with Gasteiger partial charge in [-0.15, -0.1) is 0 Å². The molecule has 7 nitrogen and oxygen atoms in total. The Hall–Kier alpha value is -4.46. The quantitative estimate of drug-likeness (QED) is 0.329. The number of ether oxygens (including phenoxy) is 1. The first-order valence-electron chi connectivity index (χ1n) is 13.0. The number of carbonyl (C=O) groups excluding carboxylic acids is 2. The largest absolute Gasteiger partial charge is 0.484 e. The summed E-state index contributed by atoms with van der Waals surface area (Å²) >= 11 is 0. The summed E-state index contributed by atoms with van der Waals surface area (Å²) in [7, 11) is 0. The molecule has 0 radical (unpaired) electrons. The summed E-state index contributed by atoms with van der Waals surface area (Å²) in [6, 6.07) is 21.3. The van der Waals surface area contributed by atoms with Crippen LogP contribution in [0.1, 0.15) is 58.5 Å². The summed E-state index contributed by atoms with van der Waals surface area (Å²) in [4.78, 5) is 31.6. The number of nitrogens with one attached hydrogen (secondary N) is 1. The first-order chi connectivity index (χ1) is 18.9. The van der Waals surface area contributed by atoms with E-state index < -0.39 is 6.04 Å². The fourth-order valence-electron chi connectivity index (χ4n) is 4.78. The van der Waals surface area contributed by atoms with Crippen molar-refractivity contribution >= 4 is 11.8 Å². The molecule has 2 heterocycles. The molecular weight excluding hydrogens is 497 g/mol. The van der Waals surface area contributed by atoms with E-state index in [9.17, 15) is 14.0 Å². The van der Waals surface area contributed by atoms with E-state index in [1.807, 2.05) is 73.3 Å². The molecule has 0 bridgehead atoms. The van der Waals surface area contributed by atoms with Crippen LogP contribution in [0.3, 0.4) is 0 Å². The van der Waals surface area contributed by atoms with Crippen molar-refractivity contribution in [3.05, 3.63) is 119 Å². The predicted molar refractivity (Wildman–Crippen MR) is 143 cm³/mol. The van der Waals surface area contributed by atoms with E-state index in [4.69, 9.17) is 9.15 Å². The molecule has 39 heavy (non-hydrogen) atoms. The first kappa shape index (κ1) is 26.2. The first-order valence-corrected chi connectivity index (χ1v) is 13.0. The Morgan fingerprint density at radius 2 is 1.92 bits per heavy atom. The van der Waals surface area contributed by atoms with Crippen LogP contribution < -0.4 is 10.1 Å². The Balaban J connectivity index is 1.31. The molecule has 5 rings (SSSR count). The fourth-order valence-corrected chi connectivity index (χ4v) is 4.78. The minimum Gasteiger partial charge on any atom is -0.484 e. The molecule has 3 aromatic carbocycles. The van der Waals surface area contributed by atoms with Gasteiger partial charge in [0.2, 0.25) is 11.8 Å². The van der Waals surface area contributed by atoms with Gasteiger partial charge in [0.1, 0.15) is 17.8 Å². The van der Waals surface area contributed by atoms with Crippen molar-refractivity contribution in [1.29, 1.82) is 0 Å². The van der Waals surface area contributed by atoms with E-state index in [-0.39, 0.29) is 41.7 Å². The van der Waals surface area contributed by atoms with E-state index in [2.05, 4.69) is 10.3 Å². The number of rotatable bonds is 8. The fraction of sp³-hybridized carbons (Fsp3) is 0.258. The zero-order valence-corrected chi connectivity index (χ0v) is 21.9. The van der Waals surface area contributed by atoms with Crippen molar-refractivity contribution in [3.8, 4) is 5.75 Å². The molecule has 4 aromatic rings. The van der Waals surface area contributed by atoms with Gasteiger partial charge in [0, 0.05) is 19.0 Å². The van der Waals surface area contributed by atoms with Crippen LogP contribution in [0.5, 0.6) is 5.75 Å². The van der Waals surface area contributed by atoms with Crippen molar-refractivity contribution in [2.24, 2.45) is 5.92 Å². The van der Waals surface area contributed by atoms with Crippen molar-refractivity contribution in [2.75, 3.05) is 6.54 Å². The number of aromatic nitrogens is 1. The zero-order chi connectivity index (χ0) is 27.4. The standard InChI is InChI=1S/C31H30FN3O4/c1-20(2)31(37)35-14-13-22-11-12-25(16-26(22)29(35)23-9-6-10-24(32)15-23)38-19-28-34-27(18-39-28)30(36)33-17-21-7-4-3-5-8-21/h3-12,15-16,18,20,29H,13-14,17,19H2,1-2H3,(H,33,36). The maximum atomic E-state index is 14.2. The van der Waals surface area contributed by atoms with Crippen LogP contribution in [0.25, 0.3) is 0 Å². The summed E-state index contributed by atoms with van der Waals surface area (Å²) in [5.41, 5.74) is 3.84. The van der Waals surface area contributed by atoms with Crippen LogP contribution in [0.15, 0.2) is 83.5 Å². The van der Waals surface area contributed by atoms with Crippen LogP contribution in [0.4, 0.5) is 4.39 Å². The highest BCUT2D eigenvalue weighted by atomic mass is 19.1. The third kappa shape index (κ3) is 6.00. The molecule has 1 aromatic heterocycles. The molecule has 0 fully saturated rings. The predicted octanol–water partition coefficient (Wildman–Crippen LogP) is 5.45. The number of hydrogen-bond acceptors (Lipinski definition) is 5. The summed E-state index contributed by atoms with van der Waals surface area (Å²) in [6.07, 6.45) is 2.00. The van der Waals surface area contributed by atoms with Gasteiger partial charge in [0.25, 0.3) is 5.91 Å². The molecule has 0 saturated carbocycles. The molecule has 1 aliphatic rings. The van der Waals surface area contributed by atoms with E-state index in [0.29, 0.717) is 30.8 Å². The Bertz CT molecular complexity index is 1470. The van der Waals surface area contributed by atoms with Crippen molar-refractivity contribution in [2.45, 2.75) is 39.5 Å². The van der Waals surface area contributed by atoms with Gasteiger partial charge in [0.15, 0.2) is 12.3 Å². The Morgan fingerprint density at radius 1 is 1.10 bits per heavy atom. The monoisotopic (exact) mass is 527 g/mol. The van der Waals surface area contributed by atoms with Gasteiger partial charge in [-0.2, -0.15) is 0 Å². The highest BCUT2D eigenvalue weighted by molar-refractivity contribution is 5.91. The molecule has 0 spiro atoms. The van der Waals surface area contributed by atoms with Crippen molar-refractivity contribution in [1.82, 2.24) is 15.2 Å². The van der Waals surface area contributed by atoms with Crippen LogP contribution in [0.2, 0.25) is 0 Å². The van der Waals surface area contributed by atoms with Gasteiger partial charge in [-0.1, -0.05) is 62.4 Å². The highest BCUT2D eigenvalue weighted by Crippen LogP contribution is 2.38. The Labute approximate surface area is 226 Å². The number of hydrogen-bond donors (Lipinski definition) is 1. The van der Waals surface area contributed by atoms with Crippen molar-refractivity contribution < 1.29 is 23.1 Å². The lowest BCUT2D eigenvalue weighted by Gasteiger charge is -2.39. The Kier molecular flexibility index (Phi) is 7.72. The molecule has 2 amide bonds. The summed E-state index contributed by atoms with van der Waals surface area (Å²) < 4.78 is 25.6. The van der Waals surface area contributed by atoms with Gasteiger partial charge in [-0.25, -0.2) is 9.37 Å².